The van der Waals surface area contributed by atoms with Crippen molar-refractivity contribution in [1.29, 1.82) is 0 Å². The Morgan fingerprint density at radius 2 is 1.69 bits per heavy atom. The van der Waals surface area contributed by atoms with Crippen molar-refractivity contribution in [2.24, 2.45) is 0 Å². The van der Waals surface area contributed by atoms with E-state index in [1.54, 1.807) is 17.3 Å². The van der Waals surface area contributed by atoms with Crippen LogP contribution in [0, 0.1) is 11.6 Å². The standard InChI is InChI=1S/C25H19F2N5O3/c26-19-9-18(10-20(27)11-19)22-4-5-23(33)32(30-22)14-16-2-1-3-17(8-16)25-28-12-21(13-29-25)31-6-7-35-15-24(31)34/h1-5,8-13H,6-7,14-15H2. The maximum Gasteiger partial charge on any atom is 0.267 e. The fourth-order valence-corrected chi connectivity index (χ4v) is 3.80. The SMILES string of the molecule is O=C1COCCN1c1cnc(-c2cccc(Cn3nc(-c4cc(F)cc(F)c4)ccc3=O)c2)nc1. The second-order valence-corrected chi connectivity index (χ2v) is 7.94. The number of anilines is 1. The van der Waals surface area contributed by atoms with Gasteiger partial charge in [0.15, 0.2) is 5.82 Å². The largest absolute Gasteiger partial charge is 0.370 e. The molecule has 10 heteroatoms. The van der Waals surface area contributed by atoms with Crippen molar-refractivity contribution < 1.29 is 18.3 Å². The highest BCUT2D eigenvalue weighted by Gasteiger charge is 2.20. The predicted molar refractivity (Wildman–Crippen MR) is 124 cm³/mol. The fraction of sp³-hybridized carbons (Fsp3) is 0.160. The van der Waals surface area contributed by atoms with E-state index in [1.807, 2.05) is 24.3 Å². The van der Waals surface area contributed by atoms with Crippen molar-refractivity contribution in [3.05, 3.63) is 94.5 Å². The molecule has 1 aliphatic rings. The zero-order valence-electron chi connectivity index (χ0n) is 18.4. The number of halogens is 2. The molecule has 2 aromatic heterocycles. The second kappa shape index (κ2) is 9.51. The summed E-state index contributed by atoms with van der Waals surface area (Å²) < 4.78 is 33.6. The fourth-order valence-electron chi connectivity index (χ4n) is 3.80. The third kappa shape index (κ3) is 4.97. The molecule has 0 spiro atoms. The summed E-state index contributed by atoms with van der Waals surface area (Å²) in [5.74, 6) is -1.14. The van der Waals surface area contributed by atoms with Crippen molar-refractivity contribution in [2.45, 2.75) is 6.54 Å². The Bertz CT molecular complexity index is 1440. The van der Waals surface area contributed by atoms with Gasteiger partial charge < -0.3 is 9.64 Å². The number of hydrogen-bond donors (Lipinski definition) is 0. The Morgan fingerprint density at radius 3 is 2.43 bits per heavy atom. The summed E-state index contributed by atoms with van der Waals surface area (Å²) in [5, 5.41) is 4.28. The zero-order valence-corrected chi connectivity index (χ0v) is 18.4. The predicted octanol–water partition coefficient (Wildman–Crippen LogP) is 3.06. The molecule has 1 fully saturated rings. The molecule has 3 heterocycles. The van der Waals surface area contributed by atoms with Gasteiger partial charge in [0, 0.05) is 29.8 Å². The van der Waals surface area contributed by atoms with E-state index >= 15 is 0 Å². The van der Waals surface area contributed by atoms with Crippen LogP contribution < -0.4 is 10.5 Å². The number of aromatic nitrogens is 4. The van der Waals surface area contributed by atoms with Gasteiger partial charge in [-0.1, -0.05) is 18.2 Å². The molecular weight excluding hydrogens is 456 g/mol. The summed E-state index contributed by atoms with van der Waals surface area (Å²) in [7, 11) is 0. The summed E-state index contributed by atoms with van der Waals surface area (Å²) in [6, 6.07) is 13.1. The first-order chi connectivity index (χ1) is 17.0. The Balaban J connectivity index is 1.39. The van der Waals surface area contributed by atoms with Crippen LogP contribution in [0.3, 0.4) is 0 Å². The van der Waals surface area contributed by atoms with Gasteiger partial charge in [-0.05, 0) is 29.8 Å². The summed E-state index contributed by atoms with van der Waals surface area (Å²) in [4.78, 5) is 34.8. The third-order valence-corrected chi connectivity index (χ3v) is 5.48. The smallest absolute Gasteiger partial charge is 0.267 e. The zero-order chi connectivity index (χ0) is 24.4. The van der Waals surface area contributed by atoms with Crippen LogP contribution in [0.5, 0.6) is 0 Å². The molecule has 35 heavy (non-hydrogen) atoms. The number of carbonyl (C=O) groups excluding carboxylic acids is 1. The van der Waals surface area contributed by atoms with Crippen LogP contribution in [0.2, 0.25) is 0 Å². The van der Waals surface area contributed by atoms with Gasteiger partial charge in [0.2, 0.25) is 0 Å². The van der Waals surface area contributed by atoms with E-state index in [9.17, 15) is 18.4 Å². The van der Waals surface area contributed by atoms with Crippen LogP contribution in [-0.2, 0) is 16.1 Å². The molecule has 0 unspecified atom stereocenters. The Labute approximate surface area is 198 Å². The molecule has 0 saturated carbocycles. The normalized spacial score (nSPS) is 13.8. The van der Waals surface area contributed by atoms with Crippen LogP contribution >= 0.6 is 0 Å². The lowest BCUT2D eigenvalue weighted by atomic mass is 10.1. The Kier molecular flexibility index (Phi) is 6.11. The summed E-state index contributed by atoms with van der Waals surface area (Å²) in [6.07, 6.45) is 3.18. The number of nitrogens with zero attached hydrogens (tertiary/aromatic N) is 5. The van der Waals surface area contributed by atoms with E-state index in [4.69, 9.17) is 4.74 Å². The maximum atomic E-state index is 13.6. The van der Waals surface area contributed by atoms with Crippen LogP contribution in [0.25, 0.3) is 22.6 Å². The number of ether oxygens (including phenoxy) is 1. The number of morpholine rings is 1. The molecule has 0 radical (unpaired) electrons. The van der Waals surface area contributed by atoms with E-state index < -0.39 is 11.6 Å². The van der Waals surface area contributed by atoms with Crippen molar-refractivity contribution in [1.82, 2.24) is 19.7 Å². The first kappa shape index (κ1) is 22.5. The highest BCUT2D eigenvalue weighted by Crippen LogP contribution is 2.21. The lowest BCUT2D eigenvalue weighted by molar-refractivity contribution is -0.125. The first-order valence-corrected chi connectivity index (χ1v) is 10.8. The molecule has 0 N–H and O–H groups in total. The monoisotopic (exact) mass is 475 g/mol. The van der Waals surface area contributed by atoms with Crippen LogP contribution in [0.1, 0.15) is 5.56 Å². The van der Waals surface area contributed by atoms with E-state index in [2.05, 4.69) is 15.1 Å². The molecule has 0 bridgehead atoms. The van der Waals surface area contributed by atoms with Gasteiger partial charge in [-0.3, -0.25) is 9.59 Å². The van der Waals surface area contributed by atoms with Gasteiger partial charge >= 0.3 is 0 Å². The molecule has 1 amide bonds. The van der Waals surface area contributed by atoms with Gasteiger partial charge in [0.25, 0.3) is 11.5 Å². The lowest BCUT2D eigenvalue weighted by Crippen LogP contribution is -2.41. The number of amides is 1. The molecule has 2 aromatic carbocycles. The second-order valence-electron chi connectivity index (χ2n) is 7.94. The van der Waals surface area contributed by atoms with Crippen LogP contribution in [0.15, 0.2) is 71.8 Å². The van der Waals surface area contributed by atoms with Gasteiger partial charge in [-0.25, -0.2) is 23.4 Å². The minimum Gasteiger partial charge on any atom is -0.370 e. The quantitative estimate of drug-likeness (QED) is 0.441. The third-order valence-electron chi connectivity index (χ3n) is 5.48. The summed E-state index contributed by atoms with van der Waals surface area (Å²) >= 11 is 0. The Morgan fingerprint density at radius 1 is 0.914 bits per heavy atom. The molecule has 1 aliphatic heterocycles. The average molecular weight is 475 g/mol. The number of benzene rings is 2. The van der Waals surface area contributed by atoms with Crippen LogP contribution in [0.4, 0.5) is 14.5 Å². The summed E-state index contributed by atoms with van der Waals surface area (Å²) in [6.45, 7) is 1.07. The molecule has 5 rings (SSSR count). The minimum atomic E-state index is -0.726. The number of carbonyl (C=O) groups is 1. The van der Waals surface area contributed by atoms with Gasteiger partial charge in [0.1, 0.15) is 18.2 Å². The number of rotatable bonds is 5. The molecule has 176 valence electrons. The van der Waals surface area contributed by atoms with Gasteiger partial charge in [-0.15, -0.1) is 0 Å². The highest BCUT2D eigenvalue weighted by atomic mass is 19.1. The summed E-state index contributed by atoms with van der Waals surface area (Å²) in [5.41, 5.74) is 2.23. The Hall–Kier alpha value is -4.31. The molecule has 1 saturated heterocycles. The highest BCUT2D eigenvalue weighted by molar-refractivity contribution is 5.94. The van der Waals surface area contributed by atoms with E-state index in [0.29, 0.717) is 24.7 Å². The maximum absolute atomic E-state index is 13.6. The van der Waals surface area contributed by atoms with Gasteiger partial charge in [-0.2, -0.15) is 5.10 Å². The van der Waals surface area contributed by atoms with E-state index in [0.717, 1.165) is 29.3 Å². The number of hydrogen-bond acceptors (Lipinski definition) is 6. The van der Waals surface area contributed by atoms with Crippen molar-refractivity contribution in [2.75, 3.05) is 24.7 Å². The lowest BCUT2D eigenvalue weighted by Gasteiger charge is -2.26. The van der Waals surface area contributed by atoms with Gasteiger partial charge in [0.05, 0.1) is 36.9 Å². The average Bonchev–Trinajstić information content (AvgIpc) is 2.85. The van der Waals surface area contributed by atoms with Crippen LogP contribution in [-0.4, -0.2) is 45.4 Å². The van der Waals surface area contributed by atoms with Crippen molar-refractivity contribution >= 4 is 11.6 Å². The molecule has 8 nitrogen and oxygen atoms in total. The molecule has 4 aromatic rings. The van der Waals surface area contributed by atoms with E-state index in [1.165, 1.54) is 16.8 Å². The van der Waals surface area contributed by atoms with Crippen molar-refractivity contribution in [3.63, 3.8) is 0 Å². The topological polar surface area (TPSA) is 90.2 Å². The molecule has 0 atom stereocenters. The minimum absolute atomic E-state index is 0.0343. The first-order valence-electron chi connectivity index (χ1n) is 10.8. The van der Waals surface area contributed by atoms with E-state index in [-0.39, 0.29) is 35.9 Å². The molecular formula is C25H19F2N5O3. The molecule has 0 aliphatic carbocycles. The van der Waals surface area contributed by atoms with Crippen molar-refractivity contribution in [3.8, 4) is 22.6 Å².